The standard InChI is InChI=1S/C19H23FN4O.ClH/c1-12-5-6-17(15(20)11-12)24-16-4-2-3-14(16)18(22-24)19(25)23-9-7-13(21)8-10-23;/h5-6,11,13H,2-4,7-10,21H2,1H3;1H. The van der Waals surface area contributed by atoms with Crippen molar-refractivity contribution < 1.29 is 9.18 Å². The molecular formula is C19H24ClFN4O. The second-order valence-electron chi connectivity index (χ2n) is 7.12. The van der Waals surface area contributed by atoms with Gasteiger partial charge >= 0.3 is 0 Å². The van der Waals surface area contributed by atoms with E-state index in [2.05, 4.69) is 5.10 Å². The van der Waals surface area contributed by atoms with Gasteiger partial charge in [-0.05, 0) is 56.7 Å². The van der Waals surface area contributed by atoms with Crippen LogP contribution in [0.15, 0.2) is 18.2 Å². The molecule has 1 aliphatic carbocycles. The van der Waals surface area contributed by atoms with Crippen LogP contribution >= 0.6 is 12.4 Å². The summed E-state index contributed by atoms with van der Waals surface area (Å²) in [5.74, 6) is -0.350. The second-order valence-corrected chi connectivity index (χ2v) is 7.12. The Balaban J connectivity index is 0.00000196. The number of nitrogens with two attached hydrogens (primary N) is 1. The van der Waals surface area contributed by atoms with Gasteiger partial charge in [0.05, 0.1) is 0 Å². The molecule has 1 amide bonds. The molecule has 140 valence electrons. The van der Waals surface area contributed by atoms with Crippen LogP contribution in [0.2, 0.25) is 0 Å². The zero-order chi connectivity index (χ0) is 17.6. The van der Waals surface area contributed by atoms with E-state index in [1.165, 1.54) is 6.07 Å². The number of carbonyl (C=O) groups excluding carboxylic acids is 1. The molecule has 2 N–H and O–H groups in total. The third kappa shape index (κ3) is 3.23. The number of halogens is 2. The maximum Gasteiger partial charge on any atom is 0.274 e. The Kier molecular flexibility index (Phi) is 5.34. The summed E-state index contributed by atoms with van der Waals surface area (Å²) in [6, 6.07) is 5.29. The van der Waals surface area contributed by atoms with Gasteiger partial charge in [-0.3, -0.25) is 4.79 Å². The minimum absolute atomic E-state index is 0. The highest BCUT2D eigenvalue weighted by molar-refractivity contribution is 5.94. The third-order valence-electron chi connectivity index (χ3n) is 5.29. The topological polar surface area (TPSA) is 64.2 Å². The number of aromatic nitrogens is 2. The molecule has 1 aliphatic heterocycles. The van der Waals surface area contributed by atoms with Crippen molar-refractivity contribution in [3.05, 3.63) is 46.5 Å². The lowest BCUT2D eigenvalue weighted by Gasteiger charge is -2.29. The molecule has 4 rings (SSSR count). The molecule has 0 saturated carbocycles. The highest BCUT2D eigenvalue weighted by atomic mass is 35.5. The quantitative estimate of drug-likeness (QED) is 0.873. The van der Waals surface area contributed by atoms with Crippen LogP contribution in [0.1, 0.15) is 46.6 Å². The van der Waals surface area contributed by atoms with Crippen LogP contribution in [-0.4, -0.2) is 39.7 Å². The van der Waals surface area contributed by atoms with Crippen molar-refractivity contribution in [2.24, 2.45) is 5.73 Å². The van der Waals surface area contributed by atoms with Crippen molar-refractivity contribution in [2.45, 2.75) is 45.1 Å². The molecule has 0 spiro atoms. The van der Waals surface area contributed by atoms with Crippen molar-refractivity contribution >= 4 is 18.3 Å². The molecule has 1 saturated heterocycles. The minimum Gasteiger partial charge on any atom is -0.337 e. The number of benzene rings is 1. The monoisotopic (exact) mass is 378 g/mol. The lowest BCUT2D eigenvalue weighted by Crippen LogP contribution is -2.43. The number of piperidine rings is 1. The maximum absolute atomic E-state index is 14.4. The van der Waals surface area contributed by atoms with E-state index >= 15 is 0 Å². The molecule has 26 heavy (non-hydrogen) atoms. The number of amides is 1. The first-order valence-electron chi connectivity index (χ1n) is 8.96. The third-order valence-corrected chi connectivity index (χ3v) is 5.29. The number of nitrogens with zero attached hydrogens (tertiary/aromatic N) is 3. The summed E-state index contributed by atoms with van der Waals surface area (Å²) in [6.07, 6.45) is 4.28. The highest BCUT2D eigenvalue weighted by Gasteiger charge is 2.31. The molecule has 1 fully saturated rings. The molecule has 1 aromatic heterocycles. The van der Waals surface area contributed by atoms with Crippen LogP contribution in [0.4, 0.5) is 4.39 Å². The molecule has 0 unspecified atom stereocenters. The predicted molar refractivity (Wildman–Crippen MR) is 101 cm³/mol. The average molecular weight is 379 g/mol. The summed E-state index contributed by atoms with van der Waals surface area (Å²) in [5, 5.41) is 4.54. The van der Waals surface area contributed by atoms with Gasteiger partial charge in [0.25, 0.3) is 5.91 Å². The molecule has 7 heteroatoms. The number of rotatable bonds is 2. The Hall–Kier alpha value is -1.92. The number of hydrogen-bond donors (Lipinski definition) is 1. The maximum atomic E-state index is 14.4. The Labute approximate surface area is 158 Å². The number of aryl methyl sites for hydroxylation is 1. The van der Waals surface area contributed by atoms with E-state index in [1.807, 2.05) is 17.9 Å². The number of hydrogen-bond acceptors (Lipinski definition) is 3. The molecule has 2 heterocycles. The van der Waals surface area contributed by atoms with Gasteiger partial charge < -0.3 is 10.6 Å². The summed E-state index contributed by atoms with van der Waals surface area (Å²) in [4.78, 5) is 14.8. The van der Waals surface area contributed by atoms with Crippen LogP contribution in [-0.2, 0) is 12.8 Å². The van der Waals surface area contributed by atoms with Crippen molar-refractivity contribution in [1.29, 1.82) is 0 Å². The van der Waals surface area contributed by atoms with Gasteiger partial charge in [-0.15, -0.1) is 12.4 Å². The Morgan fingerprint density at radius 3 is 2.69 bits per heavy atom. The summed E-state index contributed by atoms with van der Waals surface area (Å²) in [7, 11) is 0. The fourth-order valence-corrected chi connectivity index (χ4v) is 3.84. The molecular weight excluding hydrogens is 355 g/mol. The first-order valence-corrected chi connectivity index (χ1v) is 8.96. The van der Waals surface area contributed by atoms with E-state index < -0.39 is 0 Å². The van der Waals surface area contributed by atoms with Crippen LogP contribution in [0, 0.1) is 12.7 Å². The summed E-state index contributed by atoms with van der Waals surface area (Å²) < 4.78 is 16.1. The largest absolute Gasteiger partial charge is 0.337 e. The van der Waals surface area contributed by atoms with Gasteiger partial charge in [0.15, 0.2) is 5.69 Å². The van der Waals surface area contributed by atoms with E-state index in [4.69, 9.17) is 5.73 Å². The lowest BCUT2D eigenvalue weighted by atomic mass is 10.1. The predicted octanol–water partition coefficient (Wildman–Crippen LogP) is 2.79. The number of carbonyl (C=O) groups is 1. The van der Waals surface area contributed by atoms with Gasteiger partial charge in [0.2, 0.25) is 0 Å². The SMILES string of the molecule is Cc1ccc(-n2nc(C(=O)N3CCC(N)CC3)c3c2CCC3)c(F)c1.Cl. The van der Waals surface area contributed by atoms with Gasteiger partial charge in [-0.25, -0.2) is 9.07 Å². The zero-order valence-electron chi connectivity index (χ0n) is 14.9. The summed E-state index contributed by atoms with van der Waals surface area (Å²) in [5.41, 5.74) is 9.67. The van der Waals surface area contributed by atoms with Crippen molar-refractivity contribution in [3.63, 3.8) is 0 Å². The molecule has 0 atom stereocenters. The first-order chi connectivity index (χ1) is 12.0. The molecule has 2 aliphatic rings. The fourth-order valence-electron chi connectivity index (χ4n) is 3.84. The van der Waals surface area contributed by atoms with Gasteiger partial charge in [0, 0.05) is 30.4 Å². The summed E-state index contributed by atoms with van der Waals surface area (Å²) >= 11 is 0. The second kappa shape index (κ2) is 7.37. The van der Waals surface area contributed by atoms with Crippen molar-refractivity contribution in [2.75, 3.05) is 13.1 Å². The molecule has 2 aromatic rings. The van der Waals surface area contributed by atoms with Crippen LogP contribution in [0.5, 0.6) is 0 Å². The summed E-state index contributed by atoms with van der Waals surface area (Å²) in [6.45, 7) is 3.19. The van der Waals surface area contributed by atoms with Crippen LogP contribution in [0.3, 0.4) is 0 Å². The molecule has 5 nitrogen and oxygen atoms in total. The average Bonchev–Trinajstić information content (AvgIpc) is 3.18. The van der Waals surface area contributed by atoms with E-state index in [0.717, 1.165) is 48.9 Å². The fraction of sp³-hybridized carbons (Fsp3) is 0.474. The first kappa shape index (κ1) is 18.9. The minimum atomic E-state index is -0.305. The van der Waals surface area contributed by atoms with Gasteiger partial charge in [-0.2, -0.15) is 5.10 Å². The van der Waals surface area contributed by atoms with Gasteiger partial charge in [0.1, 0.15) is 11.5 Å². The molecule has 1 aromatic carbocycles. The van der Waals surface area contributed by atoms with Crippen LogP contribution in [0.25, 0.3) is 5.69 Å². The molecule has 0 bridgehead atoms. The van der Waals surface area contributed by atoms with Crippen LogP contribution < -0.4 is 5.73 Å². The number of fused-ring (bicyclic) bond motifs is 1. The smallest absolute Gasteiger partial charge is 0.274 e. The van der Waals surface area contributed by atoms with E-state index in [-0.39, 0.29) is 30.2 Å². The Morgan fingerprint density at radius 1 is 1.27 bits per heavy atom. The highest BCUT2D eigenvalue weighted by Crippen LogP contribution is 2.30. The van der Waals surface area contributed by atoms with Gasteiger partial charge in [-0.1, -0.05) is 6.07 Å². The zero-order valence-corrected chi connectivity index (χ0v) is 15.7. The Bertz CT molecular complexity index is 827. The number of likely N-dealkylation sites (tertiary alicyclic amines) is 1. The molecule has 0 radical (unpaired) electrons. The van der Waals surface area contributed by atoms with Crippen molar-refractivity contribution in [3.8, 4) is 5.69 Å². The van der Waals surface area contributed by atoms with E-state index in [9.17, 15) is 9.18 Å². The lowest BCUT2D eigenvalue weighted by molar-refractivity contribution is 0.0707. The normalized spacial score (nSPS) is 17.1. The van der Waals surface area contributed by atoms with E-state index in [1.54, 1.807) is 10.7 Å². The van der Waals surface area contributed by atoms with E-state index in [0.29, 0.717) is 24.5 Å². The Morgan fingerprint density at radius 2 is 2.00 bits per heavy atom. The van der Waals surface area contributed by atoms with Crippen molar-refractivity contribution in [1.82, 2.24) is 14.7 Å².